The van der Waals surface area contributed by atoms with Gasteiger partial charge in [0.25, 0.3) is 0 Å². The van der Waals surface area contributed by atoms with Gasteiger partial charge in [0.2, 0.25) is 0 Å². The first kappa shape index (κ1) is 16.3. The predicted octanol–water partition coefficient (Wildman–Crippen LogP) is 4.25. The molecule has 5 aromatic rings. The van der Waals surface area contributed by atoms with Crippen LogP contribution in [0.1, 0.15) is 0 Å². The van der Waals surface area contributed by atoms with Gasteiger partial charge in [-0.2, -0.15) is 0 Å². The van der Waals surface area contributed by atoms with Gasteiger partial charge >= 0.3 is 0 Å². The summed E-state index contributed by atoms with van der Waals surface area (Å²) in [5.41, 5.74) is 3.52. The minimum absolute atomic E-state index is 0.534. The van der Waals surface area contributed by atoms with Crippen LogP contribution in [-0.2, 0) is 0 Å². The molecule has 0 radical (unpaired) electrons. The summed E-state index contributed by atoms with van der Waals surface area (Å²) in [5.74, 6) is 2.54. The summed E-state index contributed by atoms with van der Waals surface area (Å²) in [4.78, 5) is 14.2. The summed E-state index contributed by atoms with van der Waals surface area (Å²) in [6.07, 6.45) is 1.61. The van der Waals surface area contributed by atoms with Crippen molar-refractivity contribution in [3.63, 3.8) is 0 Å². The minimum Gasteiger partial charge on any atom is -0.497 e. The number of ether oxygens (including phenoxy) is 2. The molecule has 0 N–H and O–H groups in total. The summed E-state index contributed by atoms with van der Waals surface area (Å²) < 4.78 is 18.4. The fraction of sp³-hybridized carbons (Fsp3) is 0.0952. The molecule has 7 nitrogen and oxygen atoms in total. The molecule has 0 aliphatic rings. The summed E-state index contributed by atoms with van der Waals surface area (Å²) >= 11 is 0. The van der Waals surface area contributed by atoms with Crippen LogP contribution in [-0.4, -0.2) is 33.7 Å². The smallest absolute Gasteiger partial charge is 0.199 e. The van der Waals surface area contributed by atoms with Gasteiger partial charge < -0.3 is 13.9 Å². The van der Waals surface area contributed by atoms with E-state index in [9.17, 15) is 0 Å². The number of para-hydroxylation sites is 2. The number of hydrogen-bond acceptors (Lipinski definition) is 6. The number of aromatic nitrogens is 4. The zero-order chi connectivity index (χ0) is 19.1. The van der Waals surface area contributed by atoms with E-state index in [2.05, 4.69) is 4.98 Å². The van der Waals surface area contributed by atoms with Crippen molar-refractivity contribution in [1.29, 1.82) is 0 Å². The van der Waals surface area contributed by atoms with Gasteiger partial charge in [-0.25, -0.2) is 15.0 Å². The number of furan rings is 1. The highest BCUT2D eigenvalue weighted by Crippen LogP contribution is 2.32. The Morgan fingerprint density at radius 3 is 2.18 bits per heavy atom. The van der Waals surface area contributed by atoms with E-state index >= 15 is 0 Å². The molecule has 3 heterocycles. The Morgan fingerprint density at radius 2 is 1.54 bits per heavy atom. The third-order valence-corrected chi connectivity index (χ3v) is 4.51. The van der Waals surface area contributed by atoms with Crippen LogP contribution in [0.2, 0.25) is 0 Å². The van der Waals surface area contributed by atoms with Crippen molar-refractivity contribution >= 4 is 22.3 Å². The van der Waals surface area contributed by atoms with E-state index in [0.717, 1.165) is 16.7 Å². The number of methoxy groups -OCH3 is 2. The number of fused-ring (bicyclic) bond motifs is 2. The minimum atomic E-state index is 0.534. The molecule has 0 saturated carbocycles. The van der Waals surface area contributed by atoms with Crippen LogP contribution < -0.4 is 9.47 Å². The zero-order valence-electron chi connectivity index (χ0n) is 15.3. The molecule has 0 unspecified atom stereocenters. The van der Waals surface area contributed by atoms with E-state index < -0.39 is 0 Å². The van der Waals surface area contributed by atoms with Gasteiger partial charge in [0.1, 0.15) is 11.5 Å². The van der Waals surface area contributed by atoms with E-state index in [1.54, 1.807) is 20.5 Å². The largest absolute Gasteiger partial charge is 0.497 e. The van der Waals surface area contributed by atoms with E-state index in [4.69, 9.17) is 23.9 Å². The molecule has 0 saturated heterocycles. The van der Waals surface area contributed by atoms with Crippen LogP contribution in [0.25, 0.3) is 39.6 Å². The lowest BCUT2D eigenvalue weighted by molar-refractivity contribution is 0.394. The standard InChI is InChI=1S/C21H16N4O3/c1-26-14-10-13(11-15(12-14)27-2)25-20(18-8-5-9-28-18)24-19-21(25)23-17-7-4-3-6-16(17)22-19/h3-12H,1-2H3. The topological polar surface area (TPSA) is 75.2 Å². The van der Waals surface area contributed by atoms with Crippen molar-refractivity contribution < 1.29 is 13.9 Å². The van der Waals surface area contributed by atoms with Gasteiger partial charge in [-0.15, -0.1) is 0 Å². The van der Waals surface area contributed by atoms with Crippen LogP contribution >= 0.6 is 0 Å². The average molecular weight is 372 g/mol. The predicted molar refractivity (Wildman–Crippen MR) is 105 cm³/mol. The Bertz CT molecular complexity index is 1270. The molecule has 0 fully saturated rings. The Hall–Kier alpha value is -3.87. The average Bonchev–Trinajstić information content (AvgIpc) is 3.39. The van der Waals surface area contributed by atoms with Crippen LogP contribution in [0, 0.1) is 0 Å². The van der Waals surface area contributed by atoms with Crippen LogP contribution in [0.5, 0.6) is 11.5 Å². The Morgan fingerprint density at radius 1 is 0.821 bits per heavy atom. The van der Waals surface area contributed by atoms with E-state index in [1.807, 2.05) is 59.2 Å². The lowest BCUT2D eigenvalue weighted by Crippen LogP contribution is -2.00. The number of nitrogens with zero attached hydrogens (tertiary/aromatic N) is 4. The van der Waals surface area contributed by atoms with Crippen LogP contribution in [0.3, 0.4) is 0 Å². The van der Waals surface area contributed by atoms with Crippen molar-refractivity contribution in [2.24, 2.45) is 0 Å². The van der Waals surface area contributed by atoms with E-state index in [0.29, 0.717) is 34.4 Å². The molecule has 0 amide bonds. The van der Waals surface area contributed by atoms with Crippen molar-refractivity contribution in [3.8, 4) is 28.8 Å². The fourth-order valence-electron chi connectivity index (χ4n) is 3.19. The van der Waals surface area contributed by atoms with Crippen LogP contribution in [0.4, 0.5) is 0 Å². The van der Waals surface area contributed by atoms with Gasteiger partial charge in [-0.3, -0.25) is 4.57 Å². The maximum absolute atomic E-state index is 5.62. The second-order valence-corrected chi connectivity index (χ2v) is 6.18. The molecule has 0 atom stereocenters. The first-order valence-corrected chi connectivity index (χ1v) is 8.69. The van der Waals surface area contributed by atoms with Crippen molar-refractivity contribution in [2.75, 3.05) is 14.2 Å². The summed E-state index contributed by atoms with van der Waals surface area (Å²) in [7, 11) is 3.23. The van der Waals surface area contributed by atoms with Crippen molar-refractivity contribution in [2.45, 2.75) is 0 Å². The van der Waals surface area contributed by atoms with Gasteiger partial charge in [-0.1, -0.05) is 12.1 Å². The first-order valence-electron chi connectivity index (χ1n) is 8.69. The highest BCUT2D eigenvalue weighted by Gasteiger charge is 2.20. The molecule has 0 aliphatic carbocycles. The molecular weight excluding hydrogens is 356 g/mol. The second kappa shape index (κ2) is 6.38. The summed E-state index contributed by atoms with van der Waals surface area (Å²) in [6.45, 7) is 0. The molecule has 2 aromatic carbocycles. The normalized spacial score (nSPS) is 11.2. The van der Waals surface area contributed by atoms with E-state index in [1.165, 1.54) is 0 Å². The quantitative estimate of drug-likeness (QED) is 0.470. The fourth-order valence-corrected chi connectivity index (χ4v) is 3.19. The molecule has 28 heavy (non-hydrogen) atoms. The van der Waals surface area contributed by atoms with Gasteiger partial charge in [0.15, 0.2) is 22.9 Å². The highest BCUT2D eigenvalue weighted by molar-refractivity contribution is 5.85. The Labute approximate surface area is 160 Å². The number of benzene rings is 2. The lowest BCUT2D eigenvalue weighted by Gasteiger charge is -2.11. The van der Waals surface area contributed by atoms with Crippen LogP contribution in [0.15, 0.2) is 65.3 Å². The molecule has 7 heteroatoms. The maximum Gasteiger partial charge on any atom is 0.199 e. The van der Waals surface area contributed by atoms with E-state index in [-0.39, 0.29) is 0 Å². The first-order chi connectivity index (χ1) is 13.8. The number of imidazole rings is 1. The van der Waals surface area contributed by atoms with Crippen molar-refractivity contribution in [3.05, 3.63) is 60.9 Å². The van der Waals surface area contributed by atoms with Gasteiger partial charge in [0, 0.05) is 18.2 Å². The van der Waals surface area contributed by atoms with Gasteiger partial charge in [-0.05, 0) is 24.3 Å². The van der Waals surface area contributed by atoms with Gasteiger partial charge in [0.05, 0.1) is 37.2 Å². The molecule has 0 bridgehead atoms. The number of hydrogen-bond donors (Lipinski definition) is 0. The molecule has 5 rings (SSSR count). The lowest BCUT2D eigenvalue weighted by atomic mass is 10.2. The Kier molecular flexibility index (Phi) is 3.72. The maximum atomic E-state index is 5.62. The highest BCUT2D eigenvalue weighted by atomic mass is 16.5. The number of rotatable bonds is 4. The molecular formula is C21H16N4O3. The third-order valence-electron chi connectivity index (χ3n) is 4.51. The second-order valence-electron chi connectivity index (χ2n) is 6.18. The van der Waals surface area contributed by atoms with Crippen molar-refractivity contribution in [1.82, 2.24) is 19.5 Å². The zero-order valence-corrected chi connectivity index (χ0v) is 15.3. The Balaban J connectivity index is 1.88. The molecule has 138 valence electrons. The summed E-state index contributed by atoms with van der Waals surface area (Å²) in [6, 6.07) is 17.0. The molecule has 0 spiro atoms. The molecule has 0 aliphatic heterocycles. The summed E-state index contributed by atoms with van der Waals surface area (Å²) in [5, 5.41) is 0. The third kappa shape index (κ3) is 2.56. The molecule has 3 aromatic heterocycles. The monoisotopic (exact) mass is 372 g/mol. The SMILES string of the molecule is COc1cc(OC)cc(-n2c(-c3ccco3)nc3nc4ccccc4nc32)c1.